The Morgan fingerprint density at radius 3 is 2.77 bits per heavy atom. The number of rotatable bonds is 3. The van der Waals surface area contributed by atoms with Gasteiger partial charge in [-0.2, -0.15) is 0 Å². The maximum atomic E-state index is 4.52. The van der Waals surface area contributed by atoms with Gasteiger partial charge in [0, 0.05) is 24.4 Å². The Morgan fingerprint density at radius 1 is 1.09 bits per heavy atom. The summed E-state index contributed by atoms with van der Waals surface area (Å²) in [7, 11) is 3.96. The maximum absolute atomic E-state index is 4.52. The van der Waals surface area contributed by atoms with Crippen LogP contribution in [0.4, 0.5) is 5.13 Å². The predicted molar refractivity (Wildman–Crippen MR) is 92.4 cm³/mol. The van der Waals surface area contributed by atoms with Crippen molar-refractivity contribution < 1.29 is 0 Å². The third kappa shape index (κ3) is 2.49. The van der Waals surface area contributed by atoms with E-state index in [4.69, 9.17) is 0 Å². The normalized spacial score (nSPS) is 14.3. The third-order valence-electron chi connectivity index (χ3n) is 3.68. The van der Waals surface area contributed by atoms with Gasteiger partial charge in [-0.25, -0.2) is 9.97 Å². The lowest BCUT2D eigenvalue weighted by Crippen LogP contribution is -2.07. The molecule has 114 valence electrons. The number of aromatic nitrogens is 4. The summed E-state index contributed by atoms with van der Waals surface area (Å²) in [6.45, 7) is 0. The molecule has 1 aliphatic rings. The van der Waals surface area contributed by atoms with Gasteiger partial charge in [-0.3, -0.25) is 0 Å². The largest absolute Gasteiger partial charge is 0.353 e. The van der Waals surface area contributed by atoms with E-state index in [9.17, 15) is 0 Å². The molecule has 4 rings (SSSR count). The maximum Gasteiger partial charge on any atom is 0.208 e. The van der Waals surface area contributed by atoms with E-state index in [2.05, 4.69) is 20.2 Å². The third-order valence-corrected chi connectivity index (χ3v) is 7.02. The molecule has 0 fully saturated rings. The smallest absolute Gasteiger partial charge is 0.208 e. The van der Waals surface area contributed by atoms with Gasteiger partial charge < -0.3 is 4.90 Å². The molecule has 8 heteroatoms. The van der Waals surface area contributed by atoms with E-state index < -0.39 is 0 Å². The van der Waals surface area contributed by atoms with Crippen LogP contribution < -0.4 is 4.90 Å². The molecule has 1 aliphatic carbocycles. The highest BCUT2D eigenvalue weighted by atomic mass is 32.2. The molecule has 22 heavy (non-hydrogen) atoms. The summed E-state index contributed by atoms with van der Waals surface area (Å²) < 4.78 is 0.930. The Balaban J connectivity index is 1.76. The molecular weight excluding hydrogens is 334 g/mol. The molecule has 0 atom stereocenters. The predicted octanol–water partition coefficient (Wildman–Crippen LogP) is 3.64. The molecular formula is C14H15N5S3. The van der Waals surface area contributed by atoms with Crippen molar-refractivity contribution in [2.24, 2.45) is 0 Å². The highest BCUT2D eigenvalue weighted by molar-refractivity contribution is 8.01. The molecule has 3 aromatic heterocycles. The zero-order valence-electron chi connectivity index (χ0n) is 12.4. The Kier molecular flexibility index (Phi) is 3.75. The van der Waals surface area contributed by atoms with Crippen molar-refractivity contribution in [3.63, 3.8) is 0 Å². The van der Waals surface area contributed by atoms with E-state index in [1.807, 2.05) is 30.3 Å². The van der Waals surface area contributed by atoms with Gasteiger partial charge in [0.25, 0.3) is 0 Å². The Bertz CT molecular complexity index is 823. The number of hydrogen-bond acceptors (Lipinski definition) is 8. The van der Waals surface area contributed by atoms with Gasteiger partial charge in [0.1, 0.15) is 16.2 Å². The van der Waals surface area contributed by atoms with Crippen molar-refractivity contribution in [1.82, 2.24) is 20.2 Å². The van der Waals surface area contributed by atoms with Gasteiger partial charge in [0.05, 0.1) is 0 Å². The zero-order chi connectivity index (χ0) is 15.1. The minimum absolute atomic E-state index is 0.917. The SMILES string of the molecule is CN(C)c1nnc(Sc2ncnc3sc4c(c23)CCCC4)s1. The summed E-state index contributed by atoms with van der Waals surface area (Å²) in [4.78, 5) is 13.6. The van der Waals surface area contributed by atoms with Crippen LogP contribution in [-0.2, 0) is 12.8 Å². The molecule has 0 aromatic carbocycles. The Labute approximate surface area is 140 Å². The van der Waals surface area contributed by atoms with Crippen molar-refractivity contribution in [3.05, 3.63) is 16.8 Å². The molecule has 0 aliphatic heterocycles. The van der Waals surface area contributed by atoms with Crippen molar-refractivity contribution in [2.75, 3.05) is 19.0 Å². The van der Waals surface area contributed by atoms with Crippen LogP contribution in [-0.4, -0.2) is 34.3 Å². The summed E-state index contributed by atoms with van der Waals surface area (Å²) in [5.41, 5.74) is 1.46. The van der Waals surface area contributed by atoms with Crippen LogP contribution in [0.5, 0.6) is 0 Å². The van der Waals surface area contributed by atoms with Crippen molar-refractivity contribution in [3.8, 4) is 0 Å². The first-order valence-electron chi connectivity index (χ1n) is 7.16. The lowest BCUT2D eigenvalue weighted by atomic mass is 9.97. The van der Waals surface area contributed by atoms with Gasteiger partial charge in [-0.15, -0.1) is 21.5 Å². The lowest BCUT2D eigenvalue weighted by molar-refractivity contribution is 0.699. The van der Waals surface area contributed by atoms with Gasteiger partial charge in [0.2, 0.25) is 5.13 Å². The molecule has 0 saturated heterocycles. The van der Waals surface area contributed by atoms with Crippen molar-refractivity contribution >= 4 is 49.8 Å². The van der Waals surface area contributed by atoms with Crippen molar-refractivity contribution in [1.29, 1.82) is 0 Å². The van der Waals surface area contributed by atoms with Gasteiger partial charge in [-0.05, 0) is 43.0 Å². The van der Waals surface area contributed by atoms with Gasteiger partial charge in [0.15, 0.2) is 4.34 Å². The molecule has 0 unspecified atom stereocenters. The average Bonchev–Trinajstić information content (AvgIpc) is 3.11. The van der Waals surface area contributed by atoms with E-state index in [0.717, 1.165) is 25.7 Å². The number of hydrogen-bond donors (Lipinski definition) is 0. The second-order valence-corrected chi connectivity index (χ2v) is 8.69. The molecule has 3 heterocycles. The Hall–Kier alpha value is -1.25. The molecule has 0 amide bonds. The highest BCUT2D eigenvalue weighted by Crippen LogP contribution is 2.41. The fourth-order valence-corrected chi connectivity index (χ4v) is 5.74. The van der Waals surface area contributed by atoms with E-state index in [0.29, 0.717) is 0 Å². The molecule has 0 N–H and O–H groups in total. The van der Waals surface area contributed by atoms with E-state index >= 15 is 0 Å². The zero-order valence-corrected chi connectivity index (χ0v) is 14.8. The molecule has 0 bridgehead atoms. The lowest BCUT2D eigenvalue weighted by Gasteiger charge is -2.10. The monoisotopic (exact) mass is 349 g/mol. The molecule has 3 aromatic rings. The first-order valence-corrected chi connectivity index (χ1v) is 9.61. The summed E-state index contributed by atoms with van der Waals surface area (Å²) in [5, 5.41) is 11.6. The summed E-state index contributed by atoms with van der Waals surface area (Å²) >= 11 is 5.03. The van der Waals surface area contributed by atoms with Crippen LogP contribution in [0.2, 0.25) is 0 Å². The van der Waals surface area contributed by atoms with E-state index in [1.165, 1.54) is 35.1 Å². The molecule has 5 nitrogen and oxygen atoms in total. The average molecular weight is 350 g/mol. The second-order valence-electron chi connectivity index (χ2n) is 5.42. The standard InChI is InChI=1S/C14H15N5S3/c1-19(2)13-17-18-14(22-13)21-12-10-8-5-3-4-6-9(8)20-11(10)15-7-16-12/h7H,3-6H2,1-2H3. The highest BCUT2D eigenvalue weighted by Gasteiger charge is 2.21. The van der Waals surface area contributed by atoms with Crippen LogP contribution in [0, 0.1) is 0 Å². The minimum atomic E-state index is 0.917. The number of fused-ring (bicyclic) bond motifs is 3. The molecule has 0 spiro atoms. The van der Waals surface area contributed by atoms with Crippen LogP contribution >= 0.6 is 34.4 Å². The second kappa shape index (κ2) is 5.75. The fourth-order valence-electron chi connectivity index (χ4n) is 2.65. The van der Waals surface area contributed by atoms with Crippen LogP contribution in [0.1, 0.15) is 23.3 Å². The summed E-state index contributed by atoms with van der Waals surface area (Å²) in [6.07, 6.45) is 6.56. The number of thiophene rings is 1. The quantitative estimate of drug-likeness (QED) is 0.673. The molecule has 0 radical (unpaired) electrons. The Morgan fingerprint density at radius 2 is 1.95 bits per heavy atom. The van der Waals surface area contributed by atoms with Crippen LogP contribution in [0.25, 0.3) is 10.2 Å². The van der Waals surface area contributed by atoms with E-state index in [-0.39, 0.29) is 0 Å². The first-order chi connectivity index (χ1) is 10.7. The summed E-state index contributed by atoms with van der Waals surface area (Å²) in [5.74, 6) is 0. The van der Waals surface area contributed by atoms with Crippen molar-refractivity contribution in [2.45, 2.75) is 35.0 Å². The van der Waals surface area contributed by atoms with E-state index in [1.54, 1.807) is 29.4 Å². The van der Waals surface area contributed by atoms with Gasteiger partial charge in [-0.1, -0.05) is 11.3 Å². The number of aryl methyl sites for hydroxylation is 2. The van der Waals surface area contributed by atoms with Crippen LogP contribution in [0.3, 0.4) is 0 Å². The van der Waals surface area contributed by atoms with Gasteiger partial charge >= 0.3 is 0 Å². The first kappa shape index (κ1) is 14.3. The fraction of sp³-hybridized carbons (Fsp3) is 0.429. The summed E-state index contributed by atoms with van der Waals surface area (Å²) in [6, 6.07) is 0. The number of nitrogens with zero attached hydrogens (tertiary/aromatic N) is 5. The number of anilines is 1. The van der Waals surface area contributed by atoms with Crippen LogP contribution in [0.15, 0.2) is 15.7 Å². The minimum Gasteiger partial charge on any atom is -0.353 e. The molecule has 0 saturated carbocycles. The topological polar surface area (TPSA) is 54.8 Å².